The second-order valence-electron chi connectivity index (χ2n) is 7.47. The minimum absolute atomic E-state index is 0.351. The van der Waals surface area contributed by atoms with Crippen molar-refractivity contribution in [1.29, 1.82) is 0 Å². The van der Waals surface area contributed by atoms with Crippen LogP contribution in [0, 0.1) is 11.8 Å². The number of hydrogen-bond acceptors (Lipinski definition) is 5. The highest BCUT2D eigenvalue weighted by Gasteiger charge is 2.47. The van der Waals surface area contributed by atoms with Gasteiger partial charge in [0.15, 0.2) is 12.5 Å². The summed E-state index contributed by atoms with van der Waals surface area (Å²) in [5, 5.41) is 30.0. The molecule has 0 radical (unpaired) electrons. The Morgan fingerprint density at radius 2 is 2.24 bits per heavy atom. The van der Waals surface area contributed by atoms with Crippen molar-refractivity contribution >= 4 is 0 Å². The Hall–Kier alpha value is -1.47. The molecule has 1 aliphatic heterocycles. The maximum absolute atomic E-state index is 13.3. The Morgan fingerprint density at radius 3 is 2.96 bits per heavy atom. The third kappa shape index (κ3) is 3.19. The number of aliphatic hydroxyl groups excluding tert-OH is 2. The van der Waals surface area contributed by atoms with Gasteiger partial charge in [-0.25, -0.2) is 4.39 Å². The predicted octanol–water partition coefficient (Wildman–Crippen LogP) is 2.14. The lowest BCUT2D eigenvalue weighted by atomic mass is 9.94. The van der Waals surface area contributed by atoms with Crippen molar-refractivity contribution in [3.05, 3.63) is 46.7 Å². The first-order chi connectivity index (χ1) is 12.1. The zero-order valence-electron chi connectivity index (χ0n) is 14.1. The summed E-state index contributed by atoms with van der Waals surface area (Å²) in [5.74, 6) is 1.15. The molecule has 5 atom stereocenters. The fourth-order valence-corrected chi connectivity index (χ4v) is 4.37. The molecule has 25 heavy (non-hydrogen) atoms. The molecule has 0 aromatic heterocycles. The van der Waals surface area contributed by atoms with E-state index in [0.717, 1.165) is 30.4 Å². The molecule has 5 nitrogen and oxygen atoms in total. The molecular formula is C19H25FN2O3. The first kappa shape index (κ1) is 17.0. The summed E-state index contributed by atoms with van der Waals surface area (Å²) in [6.45, 7) is 0.474. The van der Waals surface area contributed by atoms with E-state index in [1.165, 1.54) is 12.1 Å². The third-order valence-electron chi connectivity index (χ3n) is 5.78. The Balaban J connectivity index is 1.67. The lowest BCUT2D eigenvalue weighted by Gasteiger charge is -2.40. The molecule has 6 heteroatoms. The molecule has 0 spiro atoms. The predicted molar refractivity (Wildman–Crippen MR) is 90.9 cm³/mol. The van der Waals surface area contributed by atoms with E-state index >= 15 is 0 Å². The first-order valence-corrected chi connectivity index (χ1v) is 9.06. The van der Waals surface area contributed by atoms with Crippen molar-refractivity contribution in [2.45, 2.75) is 50.7 Å². The SMILES string of the molecule is ONC(O)C1=CC2=C(C3CC3CCC2)N(CC2=CCC(F)C=C2)C1O. The summed E-state index contributed by atoms with van der Waals surface area (Å²) in [4.78, 5) is 1.93. The minimum Gasteiger partial charge on any atom is -0.372 e. The second kappa shape index (κ2) is 6.68. The fraction of sp³-hybridized carbons (Fsp3) is 0.579. The largest absolute Gasteiger partial charge is 0.372 e. The normalized spacial score (nSPS) is 35.4. The Morgan fingerprint density at radius 1 is 1.40 bits per heavy atom. The van der Waals surface area contributed by atoms with Gasteiger partial charge < -0.3 is 20.3 Å². The summed E-state index contributed by atoms with van der Waals surface area (Å²) < 4.78 is 13.3. The molecule has 1 saturated carbocycles. The van der Waals surface area contributed by atoms with Crippen LogP contribution in [0.3, 0.4) is 0 Å². The van der Waals surface area contributed by atoms with Gasteiger partial charge in [-0.1, -0.05) is 18.2 Å². The van der Waals surface area contributed by atoms with Crippen molar-refractivity contribution in [1.82, 2.24) is 10.4 Å². The number of hydrogen-bond donors (Lipinski definition) is 4. The van der Waals surface area contributed by atoms with Crippen LogP contribution in [-0.2, 0) is 0 Å². The number of aliphatic hydroxyl groups is 2. The Kier molecular flexibility index (Phi) is 4.54. The molecule has 136 valence electrons. The lowest BCUT2D eigenvalue weighted by molar-refractivity contribution is -0.0171. The molecule has 0 bridgehead atoms. The van der Waals surface area contributed by atoms with Gasteiger partial charge in [0, 0.05) is 30.2 Å². The summed E-state index contributed by atoms with van der Waals surface area (Å²) in [6.07, 6.45) is 8.49. The minimum atomic E-state index is -1.31. The maximum atomic E-state index is 13.3. The number of hydroxylamine groups is 1. The van der Waals surface area contributed by atoms with Gasteiger partial charge in [-0.05, 0) is 48.8 Å². The lowest BCUT2D eigenvalue weighted by Crippen LogP contribution is -2.46. The van der Waals surface area contributed by atoms with Gasteiger partial charge in [0.25, 0.3) is 0 Å². The highest BCUT2D eigenvalue weighted by Crippen LogP contribution is 2.54. The Bertz CT molecular complexity index is 670. The van der Waals surface area contributed by atoms with Crippen LogP contribution in [0.5, 0.6) is 0 Å². The van der Waals surface area contributed by atoms with E-state index in [1.54, 1.807) is 12.2 Å². The quantitative estimate of drug-likeness (QED) is 0.463. The maximum Gasteiger partial charge on any atom is 0.153 e. The second-order valence-corrected chi connectivity index (χ2v) is 7.47. The van der Waals surface area contributed by atoms with Crippen LogP contribution in [0.4, 0.5) is 4.39 Å². The molecule has 5 unspecified atom stereocenters. The molecule has 3 aliphatic carbocycles. The average Bonchev–Trinajstić information content (AvgIpc) is 3.38. The molecule has 1 heterocycles. The number of allylic oxidation sites excluding steroid dienone is 5. The van der Waals surface area contributed by atoms with E-state index < -0.39 is 18.6 Å². The summed E-state index contributed by atoms with van der Waals surface area (Å²) >= 11 is 0. The van der Waals surface area contributed by atoms with Crippen LogP contribution in [0.25, 0.3) is 0 Å². The van der Waals surface area contributed by atoms with Crippen LogP contribution in [0.1, 0.15) is 32.1 Å². The van der Waals surface area contributed by atoms with E-state index in [1.807, 2.05) is 22.5 Å². The number of rotatable bonds is 4. The molecule has 4 aliphatic rings. The molecule has 0 saturated heterocycles. The number of halogens is 1. The molecule has 0 aromatic carbocycles. The van der Waals surface area contributed by atoms with Crippen LogP contribution >= 0.6 is 0 Å². The number of alkyl halides is 1. The molecular weight excluding hydrogens is 323 g/mol. The summed E-state index contributed by atoms with van der Waals surface area (Å²) in [5.41, 5.74) is 5.45. The topological polar surface area (TPSA) is 76.0 Å². The van der Waals surface area contributed by atoms with Gasteiger partial charge in [0.2, 0.25) is 0 Å². The summed E-state index contributed by atoms with van der Waals surface area (Å²) in [6, 6.07) is 0. The smallest absolute Gasteiger partial charge is 0.153 e. The number of fused-ring (bicyclic) bond motifs is 2. The third-order valence-corrected chi connectivity index (χ3v) is 5.78. The van der Waals surface area contributed by atoms with Gasteiger partial charge in [-0.15, -0.1) is 0 Å². The van der Waals surface area contributed by atoms with E-state index in [2.05, 4.69) is 0 Å². The van der Waals surface area contributed by atoms with Crippen molar-refractivity contribution in [3.63, 3.8) is 0 Å². The molecule has 4 rings (SSSR count). The van der Waals surface area contributed by atoms with Crippen LogP contribution in [0.2, 0.25) is 0 Å². The van der Waals surface area contributed by atoms with Gasteiger partial charge in [-0.3, -0.25) is 0 Å². The van der Waals surface area contributed by atoms with Gasteiger partial charge in [0.05, 0.1) is 0 Å². The van der Waals surface area contributed by atoms with E-state index in [9.17, 15) is 14.6 Å². The highest BCUT2D eigenvalue weighted by atomic mass is 19.1. The van der Waals surface area contributed by atoms with Gasteiger partial charge in [0.1, 0.15) is 6.17 Å². The van der Waals surface area contributed by atoms with E-state index in [4.69, 9.17) is 5.21 Å². The van der Waals surface area contributed by atoms with Crippen molar-refractivity contribution in [3.8, 4) is 0 Å². The highest BCUT2D eigenvalue weighted by molar-refractivity contribution is 5.41. The van der Waals surface area contributed by atoms with Crippen molar-refractivity contribution < 1.29 is 19.8 Å². The monoisotopic (exact) mass is 348 g/mol. The molecule has 0 aromatic rings. The first-order valence-electron chi connectivity index (χ1n) is 9.06. The average molecular weight is 348 g/mol. The molecule has 4 N–H and O–H groups in total. The standard InChI is InChI=1S/C19H25FN2O3/c20-14-6-4-11(5-7-14)10-22-17-13(3-1-2-12-8-15(12)17)9-16(19(22)24)18(23)21-25/h4-6,9,12,14-15,18-19,21,23-25H,1-3,7-8,10H2. The number of nitrogens with one attached hydrogen (secondary N) is 1. The van der Waals surface area contributed by atoms with Crippen molar-refractivity contribution in [2.24, 2.45) is 11.8 Å². The molecule has 0 amide bonds. The zero-order chi connectivity index (χ0) is 17.6. The number of nitrogens with zero attached hydrogens (tertiary/aromatic N) is 1. The summed E-state index contributed by atoms with van der Waals surface area (Å²) in [7, 11) is 0. The van der Waals surface area contributed by atoms with Crippen molar-refractivity contribution in [2.75, 3.05) is 6.54 Å². The zero-order valence-corrected chi connectivity index (χ0v) is 14.1. The van der Waals surface area contributed by atoms with Crippen LogP contribution in [-0.4, -0.2) is 45.5 Å². The Labute approximate surface area is 146 Å². The molecule has 1 fully saturated rings. The fourth-order valence-electron chi connectivity index (χ4n) is 4.37. The van der Waals surface area contributed by atoms with Crippen LogP contribution < -0.4 is 5.48 Å². The van der Waals surface area contributed by atoms with E-state index in [0.29, 0.717) is 30.4 Å². The van der Waals surface area contributed by atoms with Crippen LogP contribution in [0.15, 0.2) is 46.7 Å². The van der Waals surface area contributed by atoms with E-state index in [-0.39, 0.29) is 0 Å². The van der Waals surface area contributed by atoms with Gasteiger partial charge in [-0.2, -0.15) is 5.48 Å². The van der Waals surface area contributed by atoms with Gasteiger partial charge >= 0.3 is 0 Å².